The number of benzene rings is 1. The summed E-state index contributed by atoms with van der Waals surface area (Å²) in [4.78, 5) is 9.21. The monoisotopic (exact) mass is 410 g/mol. The lowest BCUT2D eigenvalue weighted by molar-refractivity contribution is 0.172. The van der Waals surface area contributed by atoms with Crippen LogP contribution in [-0.2, 0) is 26.6 Å². The van der Waals surface area contributed by atoms with Crippen LogP contribution >= 0.6 is 0 Å². The van der Waals surface area contributed by atoms with Crippen LogP contribution in [0, 0.1) is 5.92 Å². The van der Waals surface area contributed by atoms with Gasteiger partial charge in [0.05, 0.1) is 17.6 Å². The molecule has 0 amide bonds. The number of rotatable bonds is 8. The maximum Gasteiger partial charge on any atom is 0.201 e. The van der Waals surface area contributed by atoms with Gasteiger partial charge in [-0.3, -0.25) is 0 Å². The topological polar surface area (TPSA) is 64.5 Å². The van der Waals surface area contributed by atoms with E-state index in [-0.39, 0.29) is 0 Å². The van der Waals surface area contributed by atoms with Crippen molar-refractivity contribution >= 4 is 17.0 Å². The van der Waals surface area contributed by atoms with Crippen LogP contribution in [0.1, 0.15) is 17.7 Å². The van der Waals surface area contributed by atoms with Crippen LogP contribution in [0.2, 0.25) is 0 Å². The molecule has 30 heavy (non-hydrogen) atoms. The summed E-state index contributed by atoms with van der Waals surface area (Å²) in [5.41, 5.74) is 11.0. The zero-order valence-electron chi connectivity index (χ0n) is 18.6. The summed E-state index contributed by atoms with van der Waals surface area (Å²) in [7, 11) is 8.48. The molecule has 3 aromatic rings. The van der Waals surface area contributed by atoms with Crippen molar-refractivity contribution in [2.24, 2.45) is 13.0 Å². The van der Waals surface area contributed by atoms with Crippen LogP contribution in [0.15, 0.2) is 30.5 Å². The second kappa shape index (κ2) is 8.70. The van der Waals surface area contributed by atoms with Crippen molar-refractivity contribution in [2.45, 2.75) is 25.9 Å². The number of hydrogen-bond donors (Lipinski definition) is 1. The molecule has 1 atom stereocenters. The van der Waals surface area contributed by atoms with Crippen LogP contribution in [0.3, 0.4) is 0 Å². The van der Waals surface area contributed by atoms with Crippen LogP contribution in [0.5, 0.6) is 5.75 Å². The normalized spacial score (nSPS) is 16.4. The van der Waals surface area contributed by atoms with Crippen LogP contribution < -0.4 is 10.5 Å². The highest BCUT2D eigenvalue weighted by Crippen LogP contribution is 2.35. The van der Waals surface area contributed by atoms with Gasteiger partial charge in [-0.05, 0) is 64.8 Å². The molecule has 0 aliphatic carbocycles. The quantitative estimate of drug-likeness (QED) is 0.618. The van der Waals surface area contributed by atoms with E-state index in [1.54, 1.807) is 0 Å². The highest BCUT2D eigenvalue weighted by atomic mass is 16.5. The summed E-state index contributed by atoms with van der Waals surface area (Å²) < 4.78 is 10.5. The van der Waals surface area contributed by atoms with Gasteiger partial charge in [-0.25, -0.2) is 4.98 Å². The van der Waals surface area contributed by atoms with Gasteiger partial charge in [0.2, 0.25) is 5.95 Å². The number of hydrogen-bond acceptors (Lipinski definition) is 5. The summed E-state index contributed by atoms with van der Waals surface area (Å²) in [5.74, 6) is 2.03. The van der Waals surface area contributed by atoms with Gasteiger partial charge >= 0.3 is 0 Å². The fourth-order valence-corrected chi connectivity index (χ4v) is 4.51. The number of aromatic nitrogens is 3. The third kappa shape index (κ3) is 4.32. The molecule has 4 rings (SSSR count). The van der Waals surface area contributed by atoms with E-state index < -0.39 is 0 Å². The average Bonchev–Trinajstić information content (AvgIpc) is 3.24. The van der Waals surface area contributed by atoms with E-state index >= 15 is 0 Å². The zero-order valence-corrected chi connectivity index (χ0v) is 18.6. The number of nitrogens with two attached hydrogens (primary N) is 1. The second-order valence-corrected chi connectivity index (χ2v) is 8.88. The predicted molar refractivity (Wildman–Crippen MR) is 122 cm³/mol. The molecule has 1 unspecified atom stereocenters. The van der Waals surface area contributed by atoms with Crippen molar-refractivity contribution in [3.63, 3.8) is 0 Å². The second-order valence-electron chi connectivity index (χ2n) is 8.88. The average molecular weight is 411 g/mol. The van der Waals surface area contributed by atoms with E-state index in [1.165, 1.54) is 11.3 Å². The molecule has 0 spiro atoms. The van der Waals surface area contributed by atoms with Crippen LogP contribution in [0.25, 0.3) is 11.0 Å². The van der Waals surface area contributed by atoms with Gasteiger partial charge < -0.3 is 29.4 Å². The molecule has 162 valence electrons. The first-order chi connectivity index (χ1) is 14.4. The summed E-state index contributed by atoms with van der Waals surface area (Å²) in [6.45, 7) is 4.57. The number of aryl methyl sites for hydroxylation is 2. The molecule has 7 heteroatoms. The molecular weight excluding hydrogens is 376 g/mol. The Labute approximate surface area is 179 Å². The third-order valence-electron chi connectivity index (χ3n) is 6.01. The number of imidazole rings is 1. The van der Waals surface area contributed by atoms with Crippen molar-refractivity contribution in [3.8, 4) is 5.75 Å². The van der Waals surface area contributed by atoms with E-state index in [9.17, 15) is 0 Å². The number of nitrogen functional groups attached to an aromatic ring is 1. The van der Waals surface area contributed by atoms with Crippen molar-refractivity contribution in [3.05, 3.63) is 41.7 Å². The minimum Gasteiger partial charge on any atom is -0.493 e. The highest BCUT2D eigenvalue weighted by Gasteiger charge is 2.26. The zero-order chi connectivity index (χ0) is 21.3. The predicted octanol–water partition coefficient (Wildman–Crippen LogP) is 2.59. The molecule has 0 fully saturated rings. The third-order valence-corrected chi connectivity index (χ3v) is 6.01. The van der Waals surface area contributed by atoms with E-state index in [1.807, 2.05) is 6.07 Å². The molecule has 0 saturated heterocycles. The first kappa shape index (κ1) is 20.8. The Morgan fingerprint density at radius 1 is 1.23 bits per heavy atom. The molecule has 2 N–H and O–H groups in total. The Bertz CT molecular complexity index is 1000. The molecule has 1 aliphatic heterocycles. The van der Waals surface area contributed by atoms with E-state index in [2.05, 4.69) is 76.5 Å². The Hall–Kier alpha value is -2.51. The van der Waals surface area contributed by atoms with Crippen molar-refractivity contribution in [1.29, 1.82) is 0 Å². The van der Waals surface area contributed by atoms with Crippen LogP contribution in [-0.4, -0.2) is 64.8 Å². The molecule has 0 bridgehead atoms. The standard InChI is InChI=1S/C23H34N6O/c1-26(2)10-6-12-29-22-19-13-17(14-27(3)15-18-7-5-11-28(18)4)16-30-21(19)9-8-20(22)25-23(29)24/h5,7-9,11,17H,6,10,12-16H2,1-4H3,(H2,24,25). The number of nitrogens with zero attached hydrogens (tertiary/aromatic N) is 5. The number of fused-ring (bicyclic) bond motifs is 3. The van der Waals surface area contributed by atoms with Gasteiger partial charge in [-0.15, -0.1) is 0 Å². The maximum absolute atomic E-state index is 6.30. The summed E-state index contributed by atoms with van der Waals surface area (Å²) in [6, 6.07) is 8.37. The maximum atomic E-state index is 6.30. The first-order valence-electron chi connectivity index (χ1n) is 10.8. The minimum atomic E-state index is 0.444. The smallest absolute Gasteiger partial charge is 0.201 e. The molecule has 0 radical (unpaired) electrons. The minimum absolute atomic E-state index is 0.444. The fraction of sp³-hybridized carbons (Fsp3) is 0.522. The lowest BCUT2D eigenvalue weighted by Crippen LogP contribution is -2.33. The highest BCUT2D eigenvalue weighted by molar-refractivity contribution is 5.84. The molecule has 2 aromatic heterocycles. The van der Waals surface area contributed by atoms with Crippen molar-refractivity contribution < 1.29 is 4.74 Å². The van der Waals surface area contributed by atoms with Crippen LogP contribution in [0.4, 0.5) is 5.95 Å². The van der Waals surface area contributed by atoms with Crippen molar-refractivity contribution in [2.75, 3.05) is 46.6 Å². The molecule has 1 aromatic carbocycles. The summed E-state index contributed by atoms with van der Waals surface area (Å²) in [5, 5.41) is 0. The van der Waals surface area contributed by atoms with E-state index in [0.717, 1.165) is 62.4 Å². The van der Waals surface area contributed by atoms with Crippen molar-refractivity contribution in [1.82, 2.24) is 23.9 Å². The lowest BCUT2D eigenvalue weighted by atomic mass is 9.95. The van der Waals surface area contributed by atoms with Gasteiger partial charge in [-0.2, -0.15) is 0 Å². The lowest BCUT2D eigenvalue weighted by Gasteiger charge is -2.29. The summed E-state index contributed by atoms with van der Waals surface area (Å²) >= 11 is 0. The van der Waals surface area contributed by atoms with Gasteiger partial charge in [-0.1, -0.05) is 0 Å². The molecule has 3 heterocycles. The van der Waals surface area contributed by atoms with E-state index in [4.69, 9.17) is 10.5 Å². The number of ether oxygens (including phenoxy) is 1. The van der Waals surface area contributed by atoms with Gasteiger partial charge in [0.25, 0.3) is 0 Å². The van der Waals surface area contributed by atoms with Gasteiger partial charge in [0.1, 0.15) is 5.75 Å². The van der Waals surface area contributed by atoms with E-state index in [0.29, 0.717) is 11.9 Å². The van der Waals surface area contributed by atoms with Gasteiger partial charge in [0, 0.05) is 50.1 Å². The summed E-state index contributed by atoms with van der Waals surface area (Å²) in [6.07, 6.45) is 4.13. The SMILES string of the molecule is CN(C)CCCn1c(N)nc2ccc3c(c21)CC(CN(C)Cc1cccn1C)CO3. The molecule has 7 nitrogen and oxygen atoms in total. The Morgan fingerprint density at radius 2 is 2.07 bits per heavy atom. The Morgan fingerprint density at radius 3 is 2.80 bits per heavy atom. The molecular formula is C23H34N6O. The Balaban J connectivity index is 1.52. The number of anilines is 1. The molecule has 1 aliphatic rings. The first-order valence-corrected chi connectivity index (χ1v) is 10.8. The molecule has 0 saturated carbocycles. The Kier molecular flexibility index (Phi) is 6.01. The van der Waals surface area contributed by atoms with Gasteiger partial charge in [0.15, 0.2) is 0 Å². The largest absolute Gasteiger partial charge is 0.493 e. The fourth-order valence-electron chi connectivity index (χ4n) is 4.51.